The Morgan fingerprint density at radius 3 is 2.26 bits per heavy atom. The summed E-state index contributed by atoms with van der Waals surface area (Å²) >= 11 is 6.19. The fourth-order valence-corrected chi connectivity index (χ4v) is 2.64. The monoisotopic (exact) mass is 281 g/mol. The van der Waals surface area contributed by atoms with Crippen molar-refractivity contribution in [3.63, 3.8) is 0 Å². The lowest BCUT2D eigenvalue weighted by molar-refractivity contribution is 0.0922. The minimum absolute atomic E-state index is 0.344. The van der Waals surface area contributed by atoms with Crippen LogP contribution in [-0.4, -0.2) is 51.6 Å². The Hall–Kier alpha value is -1.09. The van der Waals surface area contributed by atoms with Crippen LogP contribution < -0.4 is 0 Å². The predicted molar refractivity (Wildman–Crippen MR) is 74.9 cm³/mol. The van der Waals surface area contributed by atoms with Crippen LogP contribution in [0.4, 0.5) is 0 Å². The normalized spacial score (nSPS) is 19.6. The molecule has 2 heterocycles. The molecular formula is C13H20ClN5. The number of imidazole rings is 1. The number of nitrogens with zero attached hydrogens (tertiary/aromatic N) is 5. The minimum atomic E-state index is -0.344. The van der Waals surface area contributed by atoms with Crippen molar-refractivity contribution in [2.45, 2.75) is 25.9 Å². The van der Waals surface area contributed by atoms with Crippen LogP contribution in [0.5, 0.6) is 0 Å². The van der Waals surface area contributed by atoms with Gasteiger partial charge in [0.1, 0.15) is 16.9 Å². The Morgan fingerprint density at radius 2 is 1.84 bits per heavy atom. The van der Waals surface area contributed by atoms with Crippen LogP contribution in [0.2, 0.25) is 5.15 Å². The van der Waals surface area contributed by atoms with Gasteiger partial charge in [-0.3, -0.25) is 9.80 Å². The van der Waals surface area contributed by atoms with Gasteiger partial charge < -0.3 is 4.57 Å². The van der Waals surface area contributed by atoms with E-state index in [1.165, 1.54) is 0 Å². The largest absolute Gasteiger partial charge is 0.325 e. The van der Waals surface area contributed by atoms with Gasteiger partial charge in [0.15, 0.2) is 0 Å². The topological polar surface area (TPSA) is 48.1 Å². The van der Waals surface area contributed by atoms with Crippen LogP contribution in [-0.2, 0) is 7.05 Å². The molecule has 0 aliphatic carbocycles. The van der Waals surface area contributed by atoms with E-state index in [0.29, 0.717) is 16.9 Å². The third-order valence-corrected chi connectivity index (χ3v) is 4.18. The Morgan fingerprint density at radius 1 is 1.26 bits per heavy atom. The van der Waals surface area contributed by atoms with Crippen LogP contribution in [0, 0.1) is 11.3 Å². The molecule has 0 aromatic carbocycles. The summed E-state index contributed by atoms with van der Waals surface area (Å²) in [7, 11) is 1.84. The molecule has 1 unspecified atom stereocenters. The average Bonchev–Trinajstić information content (AvgIpc) is 2.73. The maximum atomic E-state index is 9.43. The van der Waals surface area contributed by atoms with Crippen LogP contribution in [0.3, 0.4) is 0 Å². The van der Waals surface area contributed by atoms with Crippen LogP contribution >= 0.6 is 11.6 Å². The van der Waals surface area contributed by atoms with Gasteiger partial charge in [-0.25, -0.2) is 4.98 Å². The lowest BCUT2D eigenvalue weighted by Crippen LogP contribution is -2.49. The van der Waals surface area contributed by atoms with Crippen molar-refractivity contribution in [1.82, 2.24) is 19.4 Å². The van der Waals surface area contributed by atoms with E-state index in [-0.39, 0.29) is 6.04 Å². The van der Waals surface area contributed by atoms with E-state index in [1.54, 1.807) is 10.9 Å². The van der Waals surface area contributed by atoms with Gasteiger partial charge in [-0.1, -0.05) is 11.6 Å². The van der Waals surface area contributed by atoms with Crippen LogP contribution in [0.15, 0.2) is 6.33 Å². The fraction of sp³-hybridized carbons (Fsp3) is 0.692. The average molecular weight is 282 g/mol. The first-order chi connectivity index (χ1) is 9.04. The molecule has 5 nitrogen and oxygen atoms in total. The maximum Gasteiger partial charge on any atom is 0.144 e. The zero-order valence-corrected chi connectivity index (χ0v) is 12.4. The molecule has 0 N–H and O–H groups in total. The van der Waals surface area contributed by atoms with Gasteiger partial charge in [0.25, 0.3) is 0 Å². The SMILES string of the molecule is CC(C)N1CCN(C(C#N)c2ncn(C)c2Cl)CC1. The van der Waals surface area contributed by atoms with Crippen LogP contribution in [0.1, 0.15) is 25.6 Å². The summed E-state index contributed by atoms with van der Waals surface area (Å²) in [6, 6.07) is 2.55. The molecule has 1 aromatic rings. The molecule has 6 heteroatoms. The Bertz CT molecular complexity index is 468. The van der Waals surface area contributed by atoms with Gasteiger partial charge in [-0.05, 0) is 13.8 Å². The predicted octanol–water partition coefficient (Wildman–Crippen LogP) is 1.66. The van der Waals surface area contributed by atoms with Gasteiger partial charge in [0.2, 0.25) is 0 Å². The summed E-state index contributed by atoms with van der Waals surface area (Å²) < 4.78 is 1.74. The van der Waals surface area contributed by atoms with E-state index in [0.717, 1.165) is 26.2 Å². The number of piperazine rings is 1. The van der Waals surface area contributed by atoms with Gasteiger partial charge in [0, 0.05) is 39.3 Å². The highest BCUT2D eigenvalue weighted by atomic mass is 35.5. The summed E-state index contributed by atoms with van der Waals surface area (Å²) in [4.78, 5) is 8.85. The molecule has 1 saturated heterocycles. The number of hydrogen-bond acceptors (Lipinski definition) is 4. The molecule has 0 bridgehead atoms. The van der Waals surface area contributed by atoms with E-state index >= 15 is 0 Å². The van der Waals surface area contributed by atoms with Crippen molar-refractivity contribution in [1.29, 1.82) is 5.26 Å². The van der Waals surface area contributed by atoms with E-state index in [2.05, 4.69) is 34.7 Å². The molecule has 1 fully saturated rings. The number of nitriles is 1. The Balaban J connectivity index is 2.09. The highest BCUT2D eigenvalue weighted by Gasteiger charge is 2.29. The fourth-order valence-electron chi connectivity index (χ4n) is 2.44. The first-order valence-electron chi connectivity index (χ1n) is 6.59. The number of rotatable bonds is 3. The summed E-state index contributed by atoms with van der Waals surface area (Å²) in [6.45, 7) is 8.13. The summed E-state index contributed by atoms with van der Waals surface area (Å²) in [5.74, 6) is 0. The molecule has 2 rings (SSSR count). The molecule has 0 spiro atoms. The number of aromatic nitrogens is 2. The molecule has 1 aliphatic heterocycles. The minimum Gasteiger partial charge on any atom is -0.325 e. The number of hydrogen-bond donors (Lipinski definition) is 0. The van der Waals surface area contributed by atoms with Crippen LogP contribution in [0.25, 0.3) is 0 Å². The van der Waals surface area contributed by atoms with E-state index in [4.69, 9.17) is 11.6 Å². The molecule has 1 aromatic heterocycles. The Labute approximate surface area is 119 Å². The van der Waals surface area contributed by atoms with Crippen molar-refractivity contribution in [2.75, 3.05) is 26.2 Å². The first kappa shape index (κ1) is 14.3. The van der Waals surface area contributed by atoms with Gasteiger partial charge >= 0.3 is 0 Å². The lowest BCUT2D eigenvalue weighted by atomic mass is 10.1. The molecule has 104 valence electrons. The molecule has 0 radical (unpaired) electrons. The van der Waals surface area contributed by atoms with E-state index < -0.39 is 0 Å². The van der Waals surface area contributed by atoms with Crippen molar-refractivity contribution in [3.05, 3.63) is 17.2 Å². The van der Waals surface area contributed by atoms with Crippen molar-refractivity contribution in [2.24, 2.45) is 7.05 Å². The maximum absolute atomic E-state index is 9.43. The molecule has 19 heavy (non-hydrogen) atoms. The first-order valence-corrected chi connectivity index (χ1v) is 6.96. The second-order valence-electron chi connectivity index (χ2n) is 5.23. The van der Waals surface area contributed by atoms with E-state index in [1.807, 2.05) is 7.05 Å². The van der Waals surface area contributed by atoms with Crippen molar-refractivity contribution >= 4 is 11.6 Å². The highest BCUT2D eigenvalue weighted by molar-refractivity contribution is 6.30. The third-order valence-electron chi connectivity index (χ3n) is 3.72. The lowest BCUT2D eigenvalue weighted by Gasteiger charge is -2.38. The standard InChI is InChI=1S/C13H20ClN5/c1-10(2)18-4-6-19(7-5-18)11(8-15)12-13(14)17(3)9-16-12/h9-11H,4-7H2,1-3H3. The molecule has 0 saturated carbocycles. The zero-order chi connectivity index (χ0) is 14.0. The van der Waals surface area contributed by atoms with Gasteiger partial charge in [-0.2, -0.15) is 5.26 Å². The van der Waals surface area contributed by atoms with Crippen molar-refractivity contribution < 1.29 is 0 Å². The molecule has 0 amide bonds. The van der Waals surface area contributed by atoms with Gasteiger partial charge in [-0.15, -0.1) is 0 Å². The van der Waals surface area contributed by atoms with E-state index in [9.17, 15) is 5.26 Å². The number of aryl methyl sites for hydroxylation is 1. The van der Waals surface area contributed by atoms with Gasteiger partial charge in [0.05, 0.1) is 12.4 Å². The number of halogens is 1. The smallest absolute Gasteiger partial charge is 0.144 e. The quantitative estimate of drug-likeness (QED) is 0.846. The zero-order valence-electron chi connectivity index (χ0n) is 11.7. The summed E-state index contributed by atoms with van der Waals surface area (Å²) in [6.07, 6.45) is 1.66. The van der Waals surface area contributed by atoms with Crippen molar-refractivity contribution in [3.8, 4) is 6.07 Å². The molecule has 1 atom stereocenters. The summed E-state index contributed by atoms with van der Waals surface area (Å²) in [5.41, 5.74) is 0.671. The second-order valence-corrected chi connectivity index (χ2v) is 5.59. The third kappa shape index (κ3) is 2.92. The Kier molecular flexibility index (Phi) is 4.46. The molecular weight excluding hydrogens is 262 g/mol. The highest BCUT2D eigenvalue weighted by Crippen LogP contribution is 2.26. The second kappa shape index (κ2) is 5.91. The molecule has 1 aliphatic rings. The summed E-state index contributed by atoms with van der Waals surface area (Å²) in [5, 5.41) is 9.98.